The molecule has 0 aromatic heterocycles. The Hall–Kier alpha value is -1.08. The summed E-state index contributed by atoms with van der Waals surface area (Å²) in [5.41, 5.74) is 2.66. The number of hydrogen-bond acceptors (Lipinski definition) is 0. The van der Waals surface area contributed by atoms with E-state index >= 15 is 0 Å². The molecule has 25 heavy (non-hydrogen) atoms. The van der Waals surface area contributed by atoms with Crippen LogP contribution in [-0.2, 0) is 6.54 Å². The molecule has 1 heteroatoms. The lowest BCUT2D eigenvalue weighted by Crippen LogP contribution is -2.43. The van der Waals surface area contributed by atoms with E-state index in [1.165, 1.54) is 88.4 Å². The molecule has 0 fully saturated rings. The molecule has 0 amide bonds. The Morgan fingerprint density at radius 2 is 1.32 bits per heavy atom. The van der Waals surface area contributed by atoms with E-state index in [1.54, 1.807) is 0 Å². The van der Waals surface area contributed by atoms with Crippen molar-refractivity contribution >= 4 is 6.08 Å². The number of nitrogens with zero attached hydrogens (tertiary/aromatic N) is 1. The van der Waals surface area contributed by atoms with E-state index in [0.29, 0.717) is 0 Å². The molecule has 0 radical (unpaired) electrons. The minimum atomic E-state index is 1.14. The van der Waals surface area contributed by atoms with Crippen molar-refractivity contribution in [2.45, 2.75) is 84.6 Å². The summed E-state index contributed by atoms with van der Waals surface area (Å²) in [5.74, 6) is 0. The molecule has 1 unspecified atom stereocenters. The Kier molecular flexibility index (Phi) is 11.6. The first kappa shape index (κ1) is 22.0. The van der Waals surface area contributed by atoms with Crippen LogP contribution in [0, 0.1) is 0 Å². The molecule has 0 saturated heterocycles. The topological polar surface area (TPSA) is 0 Å². The Labute approximate surface area is 157 Å². The van der Waals surface area contributed by atoms with Crippen LogP contribution in [0.1, 0.15) is 89.2 Å². The zero-order chi connectivity index (χ0) is 18.4. The van der Waals surface area contributed by atoms with Gasteiger partial charge in [0.1, 0.15) is 6.54 Å². The SMILES string of the molecule is C=Cc1ccc(C[N+](C)(CC)CCCCCCCCCCCC)cc1. The van der Waals surface area contributed by atoms with Crippen molar-refractivity contribution in [1.29, 1.82) is 0 Å². The second-order valence-electron chi connectivity index (χ2n) is 7.95. The molecule has 142 valence electrons. The Morgan fingerprint density at radius 1 is 0.800 bits per heavy atom. The van der Waals surface area contributed by atoms with E-state index in [2.05, 4.69) is 51.7 Å². The van der Waals surface area contributed by atoms with E-state index in [-0.39, 0.29) is 0 Å². The fourth-order valence-corrected chi connectivity index (χ4v) is 3.53. The average molecular weight is 345 g/mol. The van der Waals surface area contributed by atoms with Gasteiger partial charge in [0.25, 0.3) is 0 Å². The van der Waals surface area contributed by atoms with Crippen LogP contribution in [0.15, 0.2) is 30.8 Å². The first-order valence-electron chi connectivity index (χ1n) is 10.7. The lowest BCUT2D eigenvalue weighted by Gasteiger charge is -2.33. The first-order valence-corrected chi connectivity index (χ1v) is 10.7. The van der Waals surface area contributed by atoms with Gasteiger partial charge in [0.2, 0.25) is 0 Å². The van der Waals surface area contributed by atoms with E-state index in [1.807, 2.05) is 6.08 Å². The third-order valence-electron chi connectivity index (χ3n) is 5.59. The fraction of sp³-hybridized carbons (Fsp3) is 0.667. The number of rotatable bonds is 15. The molecule has 0 saturated carbocycles. The second kappa shape index (κ2) is 13.2. The van der Waals surface area contributed by atoms with E-state index in [4.69, 9.17) is 0 Å². The highest BCUT2D eigenvalue weighted by Gasteiger charge is 2.19. The highest BCUT2D eigenvalue weighted by atomic mass is 15.3. The number of quaternary nitrogens is 1. The number of unbranched alkanes of at least 4 members (excludes halogenated alkanes) is 9. The quantitative estimate of drug-likeness (QED) is 0.233. The van der Waals surface area contributed by atoms with E-state index < -0.39 is 0 Å². The zero-order valence-corrected chi connectivity index (χ0v) is 17.2. The molecule has 1 nitrogen and oxygen atoms in total. The monoisotopic (exact) mass is 344 g/mol. The highest BCUT2D eigenvalue weighted by Crippen LogP contribution is 2.16. The minimum Gasteiger partial charge on any atom is -0.323 e. The normalized spacial score (nSPS) is 13.6. The standard InChI is InChI=1S/C24H42N/c1-5-8-9-10-11-12-13-14-15-16-21-25(4,7-3)22-24-19-17-23(6-2)18-20-24/h6,17-20H,2,5,7-16,21-22H2,1,3-4H3/q+1. The van der Waals surface area contributed by atoms with Crippen LogP contribution in [0.2, 0.25) is 0 Å². The predicted molar refractivity (Wildman–Crippen MR) is 114 cm³/mol. The molecule has 0 aliphatic carbocycles. The summed E-state index contributed by atoms with van der Waals surface area (Å²) in [5, 5.41) is 0. The van der Waals surface area contributed by atoms with Crippen molar-refractivity contribution < 1.29 is 4.48 Å². The fourth-order valence-electron chi connectivity index (χ4n) is 3.53. The summed E-state index contributed by atoms with van der Waals surface area (Å²) in [6.45, 7) is 12.1. The van der Waals surface area contributed by atoms with Gasteiger partial charge in [-0.2, -0.15) is 0 Å². The van der Waals surface area contributed by atoms with Crippen LogP contribution in [-0.4, -0.2) is 24.6 Å². The minimum absolute atomic E-state index is 1.14. The molecule has 0 bridgehead atoms. The largest absolute Gasteiger partial charge is 0.323 e. The van der Waals surface area contributed by atoms with Gasteiger partial charge < -0.3 is 4.48 Å². The van der Waals surface area contributed by atoms with Crippen molar-refractivity contribution in [3.05, 3.63) is 42.0 Å². The van der Waals surface area contributed by atoms with Gasteiger partial charge in [-0.1, -0.05) is 95.2 Å². The van der Waals surface area contributed by atoms with Gasteiger partial charge in [-0.3, -0.25) is 0 Å². The van der Waals surface area contributed by atoms with Gasteiger partial charge in [0, 0.05) is 5.56 Å². The number of hydrogen-bond donors (Lipinski definition) is 0. The Bertz CT molecular complexity index is 448. The Morgan fingerprint density at radius 3 is 1.80 bits per heavy atom. The van der Waals surface area contributed by atoms with Crippen LogP contribution in [0.25, 0.3) is 6.08 Å². The molecule has 1 aromatic carbocycles. The van der Waals surface area contributed by atoms with Crippen molar-refractivity contribution in [3.8, 4) is 0 Å². The third kappa shape index (κ3) is 9.84. The van der Waals surface area contributed by atoms with Crippen LogP contribution < -0.4 is 0 Å². The average Bonchev–Trinajstić information content (AvgIpc) is 2.64. The van der Waals surface area contributed by atoms with Crippen molar-refractivity contribution in [2.75, 3.05) is 20.1 Å². The van der Waals surface area contributed by atoms with Gasteiger partial charge in [-0.25, -0.2) is 0 Å². The summed E-state index contributed by atoms with van der Waals surface area (Å²) in [6, 6.07) is 8.90. The zero-order valence-electron chi connectivity index (χ0n) is 17.2. The maximum Gasteiger partial charge on any atom is 0.104 e. The molecule has 1 aromatic rings. The molecule has 0 N–H and O–H groups in total. The van der Waals surface area contributed by atoms with Gasteiger partial charge in [-0.05, 0) is 25.3 Å². The molecule has 0 aliphatic heterocycles. The summed E-state index contributed by atoms with van der Waals surface area (Å²) >= 11 is 0. The van der Waals surface area contributed by atoms with Crippen molar-refractivity contribution in [1.82, 2.24) is 0 Å². The maximum absolute atomic E-state index is 3.84. The van der Waals surface area contributed by atoms with Gasteiger partial charge in [0.05, 0.1) is 20.1 Å². The second-order valence-corrected chi connectivity index (χ2v) is 7.95. The van der Waals surface area contributed by atoms with Crippen LogP contribution in [0.4, 0.5) is 0 Å². The summed E-state index contributed by atoms with van der Waals surface area (Å²) in [6.07, 6.45) is 16.1. The molecule has 0 heterocycles. The molecular formula is C24H42N+. The summed E-state index contributed by atoms with van der Waals surface area (Å²) < 4.78 is 1.16. The van der Waals surface area contributed by atoms with Gasteiger partial charge in [0.15, 0.2) is 0 Å². The lowest BCUT2D eigenvalue weighted by molar-refractivity contribution is -0.921. The smallest absolute Gasteiger partial charge is 0.104 e. The molecule has 0 spiro atoms. The van der Waals surface area contributed by atoms with Crippen LogP contribution >= 0.6 is 0 Å². The summed E-state index contributed by atoms with van der Waals surface area (Å²) in [4.78, 5) is 0. The maximum atomic E-state index is 3.84. The van der Waals surface area contributed by atoms with Crippen molar-refractivity contribution in [2.24, 2.45) is 0 Å². The van der Waals surface area contributed by atoms with Gasteiger partial charge in [-0.15, -0.1) is 0 Å². The van der Waals surface area contributed by atoms with Crippen LogP contribution in [0.5, 0.6) is 0 Å². The predicted octanol–water partition coefficient (Wildman–Crippen LogP) is 7.22. The van der Waals surface area contributed by atoms with Crippen molar-refractivity contribution in [3.63, 3.8) is 0 Å². The van der Waals surface area contributed by atoms with E-state index in [0.717, 1.165) is 11.0 Å². The molecule has 1 atom stereocenters. The third-order valence-corrected chi connectivity index (χ3v) is 5.59. The van der Waals surface area contributed by atoms with E-state index in [9.17, 15) is 0 Å². The molecular weight excluding hydrogens is 302 g/mol. The highest BCUT2D eigenvalue weighted by molar-refractivity contribution is 5.47. The Balaban J connectivity index is 2.18. The first-order chi connectivity index (χ1) is 12.1. The molecule has 0 aliphatic rings. The lowest BCUT2D eigenvalue weighted by atomic mass is 10.1. The molecule has 1 rings (SSSR count). The van der Waals surface area contributed by atoms with Gasteiger partial charge >= 0.3 is 0 Å². The number of benzene rings is 1. The summed E-state index contributed by atoms with van der Waals surface area (Å²) in [7, 11) is 2.41. The van der Waals surface area contributed by atoms with Crippen LogP contribution in [0.3, 0.4) is 0 Å².